The average Bonchev–Trinajstić information content (AvgIpc) is 3.10. The molecule has 6 aromatic rings. The summed E-state index contributed by atoms with van der Waals surface area (Å²) in [6.07, 6.45) is 1.44. The van der Waals surface area contributed by atoms with Crippen LogP contribution >= 0.6 is 0 Å². The van der Waals surface area contributed by atoms with Gasteiger partial charge in [-0.15, -0.1) is 0 Å². The first-order chi connectivity index (χ1) is 23.2. The van der Waals surface area contributed by atoms with Gasteiger partial charge in [-0.3, -0.25) is 9.59 Å². The third-order valence-corrected chi connectivity index (χ3v) is 8.23. The van der Waals surface area contributed by atoms with Gasteiger partial charge in [0.05, 0.1) is 26.4 Å². The van der Waals surface area contributed by atoms with Crippen molar-refractivity contribution in [3.8, 4) is 0 Å². The van der Waals surface area contributed by atoms with Crippen molar-refractivity contribution in [3.05, 3.63) is 120 Å². The molecule has 0 atom stereocenters. The molecule has 0 heterocycles. The minimum atomic E-state index is -0.0739. The Hall–Kier alpha value is -4.82. The van der Waals surface area contributed by atoms with Gasteiger partial charge in [0.1, 0.15) is 0 Å². The van der Waals surface area contributed by atoms with Crippen LogP contribution in [0, 0.1) is 0 Å². The molecule has 240 valence electrons. The first-order valence-corrected chi connectivity index (χ1v) is 16.3. The van der Waals surface area contributed by atoms with Crippen molar-refractivity contribution in [1.29, 1.82) is 0 Å². The normalized spacial score (nSPS) is 11.4. The summed E-state index contributed by atoms with van der Waals surface area (Å²) < 4.78 is 16.9. The van der Waals surface area contributed by atoms with Crippen LogP contribution in [0.2, 0.25) is 0 Å². The molecule has 47 heavy (non-hydrogen) atoms. The van der Waals surface area contributed by atoms with E-state index in [0.29, 0.717) is 63.9 Å². The van der Waals surface area contributed by atoms with Gasteiger partial charge in [-0.2, -0.15) is 0 Å². The van der Waals surface area contributed by atoms with E-state index in [1.54, 1.807) is 0 Å². The second-order valence-corrected chi connectivity index (χ2v) is 11.5. The van der Waals surface area contributed by atoms with Gasteiger partial charge in [-0.25, -0.2) is 0 Å². The summed E-state index contributed by atoms with van der Waals surface area (Å²) in [4.78, 5) is 25.8. The molecule has 0 saturated heterocycles. The van der Waals surface area contributed by atoms with Gasteiger partial charge in [0.25, 0.3) is 11.8 Å². The molecule has 7 heteroatoms. The Bertz CT molecular complexity index is 1850. The summed E-state index contributed by atoms with van der Waals surface area (Å²) in [5, 5.41) is 14.6. The van der Waals surface area contributed by atoms with Crippen LogP contribution in [-0.4, -0.2) is 64.5 Å². The van der Waals surface area contributed by atoms with Crippen LogP contribution in [0.15, 0.2) is 109 Å². The molecule has 0 unspecified atom stereocenters. The minimum Gasteiger partial charge on any atom is -0.379 e. The number of nitrogens with one attached hydrogen (secondary N) is 2. The molecule has 0 aromatic heterocycles. The molecule has 7 nitrogen and oxygen atoms in total. The molecular weight excluding hydrogens is 588 g/mol. The van der Waals surface area contributed by atoms with E-state index >= 15 is 0 Å². The quantitative estimate of drug-likeness (QED) is 0.0869. The maximum absolute atomic E-state index is 12.9. The highest BCUT2D eigenvalue weighted by atomic mass is 16.5. The molecule has 0 aliphatic rings. The monoisotopic (exact) mass is 628 g/mol. The lowest BCUT2D eigenvalue weighted by molar-refractivity contribution is 0.0139. The number of carbonyl (C=O) groups excluding carboxylic acids is 2. The Labute approximate surface area is 274 Å². The van der Waals surface area contributed by atoms with E-state index in [1.165, 1.54) is 0 Å². The van der Waals surface area contributed by atoms with Gasteiger partial charge in [0, 0.05) is 37.4 Å². The summed E-state index contributed by atoms with van der Waals surface area (Å²) >= 11 is 0. The van der Waals surface area contributed by atoms with Gasteiger partial charge in [-0.05, 0) is 92.3 Å². The number of fused-ring (bicyclic) bond motifs is 4. The van der Waals surface area contributed by atoms with Crippen molar-refractivity contribution in [2.45, 2.75) is 12.8 Å². The van der Waals surface area contributed by atoms with E-state index in [0.717, 1.165) is 55.9 Å². The Morgan fingerprint density at radius 1 is 0.426 bits per heavy atom. The van der Waals surface area contributed by atoms with Crippen molar-refractivity contribution in [2.24, 2.45) is 0 Å². The van der Waals surface area contributed by atoms with E-state index in [1.807, 2.05) is 60.7 Å². The Kier molecular flexibility index (Phi) is 11.0. The molecule has 0 saturated carbocycles. The van der Waals surface area contributed by atoms with Gasteiger partial charge in [-0.1, -0.05) is 72.8 Å². The molecule has 2 N–H and O–H groups in total. The van der Waals surface area contributed by atoms with E-state index in [4.69, 9.17) is 14.2 Å². The van der Waals surface area contributed by atoms with Crippen LogP contribution in [0.5, 0.6) is 0 Å². The average molecular weight is 629 g/mol. The topological polar surface area (TPSA) is 85.9 Å². The van der Waals surface area contributed by atoms with Gasteiger partial charge in [0.2, 0.25) is 0 Å². The van der Waals surface area contributed by atoms with Gasteiger partial charge < -0.3 is 24.8 Å². The number of benzene rings is 6. The number of hydrogen-bond acceptors (Lipinski definition) is 5. The molecular formula is C40H40N2O5. The van der Waals surface area contributed by atoms with Crippen LogP contribution < -0.4 is 10.6 Å². The standard InChI is InChI=1S/C40H40N2O5/c43-39(35-15-5-13-33-25-29-9-1-3-11-31(29)27-37(33)35)41-17-7-19-45-21-23-47-24-22-46-20-8-18-42-40(44)36-16-6-14-34-26-30-10-2-4-12-32(30)28-38(34)36/h1-6,9-16,25-28H,7-8,17-24H2,(H,41,43)(H,42,44). The van der Waals surface area contributed by atoms with Crippen LogP contribution in [0.1, 0.15) is 33.6 Å². The molecule has 0 fully saturated rings. The van der Waals surface area contributed by atoms with Crippen LogP contribution in [0.3, 0.4) is 0 Å². The fourth-order valence-corrected chi connectivity index (χ4v) is 5.81. The predicted octanol–water partition coefficient (Wildman–Crippen LogP) is 7.29. The van der Waals surface area contributed by atoms with E-state index in [-0.39, 0.29) is 11.8 Å². The van der Waals surface area contributed by atoms with E-state index in [9.17, 15) is 9.59 Å². The van der Waals surface area contributed by atoms with Crippen LogP contribution in [0.4, 0.5) is 0 Å². The lowest BCUT2D eigenvalue weighted by Crippen LogP contribution is -2.25. The van der Waals surface area contributed by atoms with E-state index < -0.39 is 0 Å². The lowest BCUT2D eigenvalue weighted by Gasteiger charge is -2.10. The second kappa shape index (κ2) is 16.1. The first kappa shape index (κ1) is 32.1. The van der Waals surface area contributed by atoms with Crippen molar-refractivity contribution < 1.29 is 23.8 Å². The van der Waals surface area contributed by atoms with Crippen molar-refractivity contribution in [1.82, 2.24) is 10.6 Å². The lowest BCUT2D eigenvalue weighted by atomic mass is 9.99. The van der Waals surface area contributed by atoms with Crippen LogP contribution in [-0.2, 0) is 14.2 Å². The molecule has 0 aliphatic heterocycles. The summed E-state index contributed by atoms with van der Waals surface area (Å²) in [7, 11) is 0. The van der Waals surface area contributed by atoms with Crippen molar-refractivity contribution in [3.63, 3.8) is 0 Å². The zero-order chi connectivity index (χ0) is 32.3. The summed E-state index contributed by atoms with van der Waals surface area (Å²) in [5.41, 5.74) is 1.37. The molecule has 6 aromatic carbocycles. The zero-order valence-corrected chi connectivity index (χ0v) is 26.5. The number of hydrogen-bond donors (Lipinski definition) is 2. The summed E-state index contributed by atoms with van der Waals surface area (Å²) in [6.45, 7) is 4.10. The zero-order valence-electron chi connectivity index (χ0n) is 26.5. The van der Waals surface area contributed by atoms with E-state index in [2.05, 4.69) is 59.2 Å². The molecule has 0 spiro atoms. The summed E-state index contributed by atoms with van der Waals surface area (Å²) in [5.74, 6) is -0.148. The highest BCUT2D eigenvalue weighted by Crippen LogP contribution is 2.27. The largest absolute Gasteiger partial charge is 0.379 e. The maximum atomic E-state index is 12.9. The number of ether oxygens (including phenoxy) is 3. The number of carbonyl (C=O) groups is 2. The molecule has 0 radical (unpaired) electrons. The highest BCUT2D eigenvalue weighted by Gasteiger charge is 2.12. The maximum Gasteiger partial charge on any atom is 0.251 e. The fourth-order valence-electron chi connectivity index (χ4n) is 5.81. The Morgan fingerprint density at radius 2 is 0.787 bits per heavy atom. The third kappa shape index (κ3) is 8.32. The van der Waals surface area contributed by atoms with Crippen molar-refractivity contribution in [2.75, 3.05) is 52.7 Å². The Balaban J connectivity index is 0.790. The predicted molar refractivity (Wildman–Crippen MR) is 189 cm³/mol. The molecule has 0 aliphatic carbocycles. The first-order valence-electron chi connectivity index (χ1n) is 16.3. The smallest absolute Gasteiger partial charge is 0.251 e. The van der Waals surface area contributed by atoms with Gasteiger partial charge in [0.15, 0.2) is 0 Å². The summed E-state index contributed by atoms with van der Waals surface area (Å²) in [6, 6.07) is 36.5. The number of rotatable bonds is 16. The molecule has 6 rings (SSSR count). The fraction of sp³-hybridized carbons (Fsp3) is 0.250. The second-order valence-electron chi connectivity index (χ2n) is 11.5. The van der Waals surface area contributed by atoms with Crippen molar-refractivity contribution >= 4 is 54.9 Å². The minimum absolute atomic E-state index is 0.0739. The Morgan fingerprint density at radius 3 is 1.21 bits per heavy atom. The SMILES string of the molecule is O=C(NCCCOCCOCCOCCCNC(=O)c1cccc2cc3ccccc3cc12)c1cccc2cc3ccccc3cc12. The van der Waals surface area contributed by atoms with Gasteiger partial charge >= 0.3 is 0 Å². The highest BCUT2D eigenvalue weighted by molar-refractivity contribution is 6.11. The third-order valence-electron chi connectivity index (χ3n) is 8.23. The van der Waals surface area contributed by atoms with Crippen LogP contribution in [0.25, 0.3) is 43.1 Å². The molecule has 0 bridgehead atoms. The molecule has 2 amide bonds. The number of amides is 2.